The third-order valence-corrected chi connectivity index (χ3v) is 5.70. The second-order valence-corrected chi connectivity index (χ2v) is 9.41. The fourth-order valence-electron chi connectivity index (χ4n) is 3.89. The van der Waals surface area contributed by atoms with Gasteiger partial charge in [0.1, 0.15) is 6.54 Å². The summed E-state index contributed by atoms with van der Waals surface area (Å²) in [5.74, 6) is 0. The number of nitrogens with zero attached hydrogens (tertiary/aromatic N) is 1. The predicted octanol–water partition coefficient (Wildman–Crippen LogP) is 6.84. The van der Waals surface area contributed by atoms with Gasteiger partial charge < -0.3 is 21.5 Å². The number of unbranched alkanes of at least 4 members (excludes halogenated alkanes) is 13. The van der Waals surface area contributed by atoms with E-state index in [1.54, 1.807) is 0 Å². The normalized spacial score (nSPS) is 10.9. The first kappa shape index (κ1) is 32.2. The van der Waals surface area contributed by atoms with E-state index in [1.165, 1.54) is 102 Å². The Balaban J connectivity index is 0. The molecule has 0 saturated carbocycles. The third kappa shape index (κ3) is 23.5. The average Bonchev–Trinajstić information content (AvgIpc) is 2.74. The molecule has 0 atom stereocenters. The van der Waals surface area contributed by atoms with Gasteiger partial charge in [0.25, 0.3) is 0 Å². The van der Waals surface area contributed by atoms with E-state index in [2.05, 4.69) is 51.4 Å². The summed E-state index contributed by atoms with van der Waals surface area (Å²) < 4.78 is 1.11. The van der Waals surface area contributed by atoms with Crippen LogP contribution in [-0.4, -0.2) is 43.4 Å². The van der Waals surface area contributed by atoms with Gasteiger partial charge >= 0.3 is 0 Å². The summed E-state index contributed by atoms with van der Waals surface area (Å²) in [7, 11) is 4.74. The zero-order valence-corrected chi connectivity index (χ0v) is 21.3. The van der Waals surface area contributed by atoms with E-state index < -0.39 is 0 Å². The van der Waals surface area contributed by atoms with E-state index >= 15 is 0 Å². The SMILES string of the molecule is CCCCCCCCCCCCCCCC[N+](C)(C)Cc1ccccc1.N.NCCO. The van der Waals surface area contributed by atoms with E-state index in [1.807, 2.05) is 0 Å². The zero-order chi connectivity index (χ0) is 22.3. The van der Waals surface area contributed by atoms with Crippen molar-refractivity contribution in [3.63, 3.8) is 0 Å². The van der Waals surface area contributed by atoms with Gasteiger partial charge in [0.15, 0.2) is 0 Å². The van der Waals surface area contributed by atoms with Crippen molar-refractivity contribution >= 4 is 0 Å². The Bertz CT molecular complexity index is 449. The van der Waals surface area contributed by atoms with Gasteiger partial charge in [-0.1, -0.05) is 114 Å². The van der Waals surface area contributed by atoms with Crippen LogP contribution in [0, 0.1) is 0 Å². The number of nitrogens with two attached hydrogens (primary N) is 1. The summed E-state index contributed by atoms with van der Waals surface area (Å²) in [6.45, 7) is 5.22. The predicted molar refractivity (Wildman–Crippen MR) is 139 cm³/mol. The molecule has 1 rings (SSSR count). The van der Waals surface area contributed by atoms with Gasteiger partial charge in [-0.3, -0.25) is 0 Å². The quantitative estimate of drug-likeness (QED) is 0.173. The summed E-state index contributed by atoms with van der Waals surface area (Å²) in [4.78, 5) is 0. The summed E-state index contributed by atoms with van der Waals surface area (Å²) in [6, 6.07) is 10.9. The highest BCUT2D eigenvalue weighted by Gasteiger charge is 2.14. The van der Waals surface area contributed by atoms with Crippen LogP contribution in [0.4, 0.5) is 0 Å². The Hall–Kier alpha value is -0.940. The highest BCUT2D eigenvalue weighted by atomic mass is 16.3. The molecule has 184 valence electrons. The van der Waals surface area contributed by atoms with E-state index in [9.17, 15) is 0 Å². The van der Waals surface area contributed by atoms with E-state index in [4.69, 9.17) is 10.8 Å². The van der Waals surface area contributed by atoms with Crippen molar-refractivity contribution < 1.29 is 9.59 Å². The topological polar surface area (TPSA) is 81.2 Å². The lowest BCUT2D eigenvalue weighted by Crippen LogP contribution is -2.39. The maximum absolute atomic E-state index is 7.75. The fourth-order valence-corrected chi connectivity index (χ4v) is 3.89. The van der Waals surface area contributed by atoms with Crippen LogP contribution >= 0.6 is 0 Å². The Morgan fingerprint density at radius 1 is 0.710 bits per heavy atom. The molecule has 0 spiro atoms. The van der Waals surface area contributed by atoms with Crippen LogP contribution in [0.1, 0.15) is 102 Å². The molecular formula is C27H56N3O+. The zero-order valence-electron chi connectivity index (χ0n) is 21.3. The molecule has 0 fully saturated rings. The van der Waals surface area contributed by atoms with Crippen LogP contribution in [0.2, 0.25) is 0 Å². The molecule has 0 aliphatic heterocycles. The van der Waals surface area contributed by atoms with E-state index in [0.29, 0.717) is 6.54 Å². The maximum atomic E-state index is 7.75. The van der Waals surface area contributed by atoms with Gasteiger partial charge in [-0.15, -0.1) is 0 Å². The molecular weight excluding hydrogens is 382 g/mol. The minimum Gasteiger partial charge on any atom is -0.395 e. The largest absolute Gasteiger partial charge is 0.395 e. The summed E-state index contributed by atoms with van der Waals surface area (Å²) in [5.41, 5.74) is 6.24. The van der Waals surface area contributed by atoms with Crippen molar-refractivity contribution in [1.82, 2.24) is 6.15 Å². The van der Waals surface area contributed by atoms with Crippen molar-refractivity contribution in [2.75, 3.05) is 33.8 Å². The maximum Gasteiger partial charge on any atom is 0.104 e. The second-order valence-electron chi connectivity index (χ2n) is 9.41. The highest BCUT2D eigenvalue weighted by Crippen LogP contribution is 2.14. The lowest BCUT2D eigenvalue weighted by Gasteiger charge is -2.30. The smallest absolute Gasteiger partial charge is 0.104 e. The Labute approximate surface area is 194 Å². The van der Waals surface area contributed by atoms with Gasteiger partial charge in [0, 0.05) is 12.1 Å². The Morgan fingerprint density at radius 2 is 1.10 bits per heavy atom. The number of quaternary nitrogens is 1. The third-order valence-electron chi connectivity index (χ3n) is 5.70. The lowest BCUT2D eigenvalue weighted by molar-refractivity contribution is -0.903. The molecule has 31 heavy (non-hydrogen) atoms. The fraction of sp³-hybridized carbons (Fsp3) is 0.778. The summed E-state index contributed by atoms with van der Waals surface area (Å²) in [5, 5.41) is 7.75. The van der Waals surface area contributed by atoms with Crippen LogP contribution in [0.5, 0.6) is 0 Å². The van der Waals surface area contributed by atoms with Crippen molar-refractivity contribution in [3.8, 4) is 0 Å². The van der Waals surface area contributed by atoms with Crippen molar-refractivity contribution in [1.29, 1.82) is 0 Å². The summed E-state index contributed by atoms with van der Waals surface area (Å²) >= 11 is 0. The second kappa shape index (κ2) is 23.7. The van der Waals surface area contributed by atoms with Crippen LogP contribution in [-0.2, 0) is 6.54 Å². The van der Waals surface area contributed by atoms with Crippen LogP contribution < -0.4 is 11.9 Å². The van der Waals surface area contributed by atoms with Crippen molar-refractivity contribution in [2.24, 2.45) is 5.73 Å². The monoisotopic (exact) mass is 438 g/mol. The number of benzene rings is 1. The van der Waals surface area contributed by atoms with E-state index in [-0.39, 0.29) is 12.8 Å². The van der Waals surface area contributed by atoms with Gasteiger partial charge in [-0.25, -0.2) is 0 Å². The first-order valence-corrected chi connectivity index (χ1v) is 12.7. The van der Waals surface area contributed by atoms with Crippen LogP contribution in [0.25, 0.3) is 0 Å². The Morgan fingerprint density at radius 3 is 1.48 bits per heavy atom. The molecule has 0 amide bonds. The molecule has 4 nitrogen and oxygen atoms in total. The molecule has 4 heteroatoms. The average molecular weight is 439 g/mol. The minimum absolute atomic E-state index is 0. The van der Waals surface area contributed by atoms with E-state index in [0.717, 1.165) is 11.0 Å². The number of hydrogen-bond donors (Lipinski definition) is 3. The number of aliphatic hydroxyl groups is 1. The van der Waals surface area contributed by atoms with Gasteiger partial charge in [-0.05, 0) is 12.8 Å². The molecule has 0 aliphatic rings. The minimum atomic E-state index is 0. The van der Waals surface area contributed by atoms with Crippen molar-refractivity contribution in [2.45, 2.75) is 103 Å². The van der Waals surface area contributed by atoms with Crippen molar-refractivity contribution in [3.05, 3.63) is 35.9 Å². The number of hydrogen-bond acceptors (Lipinski definition) is 3. The summed E-state index contributed by atoms with van der Waals surface area (Å²) in [6.07, 6.45) is 20.2. The first-order valence-electron chi connectivity index (χ1n) is 12.7. The lowest BCUT2D eigenvalue weighted by atomic mass is 10.0. The first-order chi connectivity index (χ1) is 14.6. The van der Waals surface area contributed by atoms with Gasteiger partial charge in [0.05, 0.1) is 27.2 Å². The molecule has 0 radical (unpaired) electrons. The molecule has 6 N–H and O–H groups in total. The van der Waals surface area contributed by atoms with Gasteiger partial charge in [-0.2, -0.15) is 0 Å². The molecule has 0 saturated heterocycles. The Kier molecular flexibility index (Phi) is 24.7. The van der Waals surface area contributed by atoms with Crippen LogP contribution in [0.15, 0.2) is 30.3 Å². The molecule has 0 bridgehead atoms. The molecule has 0 aliphatic carbocycles. The van der Waals surface area contributed by atoms with Gasteiger partial charge in [0.2, 0.25) is 0 Å². The standard InChI is InChI=1S/C25H46N.C2H7NO.H3N/c1-4-5-6-7-8-9-10-11-12-13-14-15-16-20-23-26(2,3)24-25-21-18-17-19-22-25;3-1-2-4;/h17-19,21-22H,4-16,20,23-24H2,1-3H3;4H,1-3H2;1H3/q+1;;. The molecule has 0 aromatic heterocycles. The number of rotatable bonds is 18. The van der Waals surface area contributed by atoms with Crippen LogP contribution in [0.3, 0.4) is 0 Å². The number of aliphatic hydroxyl groups excluding tert-OH is 1. The molecule has 0 heterocycles. The molecule has 1 aromatic carbocycles. The molecule has 0 unspecified atom stereocenters. The molecule has 1 aromatic rings. The highest BCUT2D eigenvalue weighted by molar-refractivity contribution is 5.13.